The first kappa shape index (κ1) is 17.2. The molecule has 0 aliphatic rings. The highest BCUT2D eigenvalue weighted by atomic mass is 32.1. The predicted octanol–water partition coefficient (Wildman–Crippen LogP) is 5.55. The number of thiazole rings is 1. The summed E-state index contributed by atoms with van der Waals surface area (Å²) >= 11 is 1.18. The molecular weight excluding hydrogens is 358 g/mol. The minimum atomic E-state index is -0.945. The number of fused-ring (bicyclic) bond motifs is 1. The Labute approximate surface area is 160 Å². The van der Waals surface area contributed by atoms with E-state index in [0.29, 0.717) is 17.3 Å². The Kier molecular flexibility index (Phi) is 4.60. The standard InChI is InChI=1S/C22H17NO3S/c1-14-20(22(24)25)27-21(23-14)16-8-5-10-18(12-16)26-13-17-9-4-7-15-6-2-3-11-19(15)17/h2-12H,13H2,1H3,(H,24,25). The summed E-state index contributed by atoms with van der Waals surface area (Å²) in [5.74, 6) is -0.218. The maximum Gasteiger partial charge on any atom is 0.347 e. The van der Waals surface area contributed by atoms with Crippen molar-refractivity contribution >= 4 is 28.1 Å². The summed E-state index contributed by atoms with van der Waals surface area (Å²) in [6.45, 7) is 2.17. The first-order chi connectivity index (χ1) is 13.1. The van der Waals surface area contributed by atoms with Crippen molar-refractivity contribution in [3.05, 3.63) is 82.9 Å². The van der Waals surface area contributed by atoms with Crippen LogP contribution in [0.15, 0.2) is 66.7 Å². The topological polar surface area (TPSA) is 59.4 Å². The Hall–Kier alpha value is -3.18. The smallest absolute Gasteiger partial charge is 0.347 e. The number of hydrogen-bond acceptors (Lipinski definition) is 4. The van der Waals surface area contributed by atoms with Crippen molar-refractivity contribution < 1.29 is 14.6 Å². The third-order valence-electron chi connectivity index (χ3n) is 4.35. The normalized spacial score (nSPS) is 10.9. The summed E-state index contributed by atoms with van der Waals surface area (Å²) in [5, 5.41) is 12.3. The van der Waals surface area contributed by atoms with Crippen LogP contribution < -0.4 is 4.74 Å². The Morgan fingerprint density at radius 1 is 1.07 bits per heavy atom. The fourth-order valence-electron chi connectivity index (χ4n) is 3.02. The molecule has 1 N–H and O–H groups in total. The van der Waals surface area contributed by atoms with E-state index < -0.39 is 5.97 Å². The van der Waals surface area contributed by atoms with Crippen molar-refractivity contribution in [1.29, 1.82) is 0 Å². The molecule has 0 unspecified atom stereocenters. The number of benzene rings is 3. The zero-order chi connectivity index (χ0) is 18.8. The van der Waals surface area contributed by atoms with E-state index in [2.05, 4.69) is 29.2 Å². The lowest BCUT2D eigenvalue weighted by Gasteiger charge is -2.10. The number of rotatable bonds is 5. The van der Waals surface area contributed by atoms with E-state index >= 15 is 0 Å². The number of nitrogens with zero attached hydrogens (tertiary/aromatic N) is 1. The molecule has 1 aromatic heterocycles. The molecule has 0 amide bonds. The van der Waals surface area contributed by atoms with Crippen LogP contribution in [0.2, 0.25) is 0 Å². The Morgan fingerprint density at radius 2 is 1.85 bits per heavy atom. The highest BCUT2D eigenvalue weighted by Crippen LogP contribution is 2.30. The lowest BCUT2D eigenvalue weighted by molar-refractivity contribution is 0.0701. The molecule has 5 heteroatoms. The molecule has 134 valence electrons. The quantitative estimate of drug-likeness (QED) is 0.497. The lowest BCUT2D eigenvalue weighted by atomic mass is 10.1. The van der Waals surface area contributed by atoms with Gasteiger partial charge >= 0.3 is 5.97 Å². The minimum Gasteiger partial charge on any atom is -0.489 e. The van der Waals surface area contributed by atoms with Crippen molar-refractivity contribution in [3.8, 4) is 16.3 Å². The van der Waals surface area contributed by atoms with Gasteiger partial charge in [-0.15, -0.1) is 11.3 Å². The van der Waals surface area contributed by atoms with Gasteiger partial charge in [-0.05, 0) is 35.4 Å². The maximum atomic E-state index is 11.2. The second-order valence-corrected chi connectivity index (χ2v) is 7.19. The van der Waals surface area contributed by atoms with E-state index in [1.165, 1.54) is 22.1 Å². The van der Waals surface area contributed by atoms with E-state index in [4.69, 9.17) is 4.74 Å². The summed E-state index contributed by atoms with van der Waals surface area (Å²) < 4.78 is 6.01. The van der Waals surface area contributed by atoms with Crippen molar-refractivity contribution in [3.63, 3.8) is 0 Å². The van der Waals surface area contributed by atoms with Crippen LogP contribution in [0.1, 0.15) is 20.9 Å². The molecule has 4 rings (SSSR count). The molecule has 4 aromatic rings. The van der Waals surface area contributed by atoms with Gasteiger partial charge in [0, 0.05) is 5.56 Å². The number of aromatic carboxylic acids is 1. The second-order valence-electron chi connectivity index (χ2n) is 6.19. The summed E-state index contributed by atoms with van der Waals surface area (Å²) in [5.41, 5.74) is 2.51. The molecule has 0 saturated carbocycles. The first-order valence-electron chi connectivity index (χ1n) is 8.52. The van der Waals surface area contributed by atoms with Crippen molar-refractivity contribution in [2.24, 2.45) is 0 Å². The summed E-state index contributed by atoms with van der Waals surface area (Å²) in [6, 6.07) is 22.0. The van der Waals surface area contributed by atoms with E-state index in [1.54, 1.807) is 6.92 Å². The van der Waals surface area contributed by atoms with Gasteiger partial charge in [0.15, 0.2) is 0 Å². The molecule has 0 saturated heterocycles. The Balaban J connectivity index is 1.58. The number of ether oxygens (including phenoxy) is 1. The van der Waals surface area contributed by atoms with Crippen molar-refractivity contribution in [2.45, 2.75) is 13.5 Å². The largest absolute Gasteiger partial charge is 0.489 e. The molecule has 3 aromatic carbocycles. The van der Waals surface area contributed by atoms with Gasteiger partial charge in [0.2, 0.25) is 0 Å². The Bertz CT molecular complexity index is 1130. The lowest BCUT2D eigenvalue weighted by Crippen LogP contribution is -1.96. The van der Waals surface area contributed by atoms with Gasteiger partial charge in [-0.25, -0.2) is 9.78 Å². The van der Waals surface area contributed by atoms with E-state index in [1.807, 2.05) is 42.5 Å². The predicted molar refractivity (Wildman–Crippen MR) is 108 cm³/mol. The molecule has 0 aliphatic carbocycles. The van der Waals surface area contributed by atoms with Gasteiger partial charge in [0.05, 0.1) is 5.69 Å². The highest BCUT2D eigenvalue weighted by molar-refractivity contribution is 7.17. The van der Waals surface area contributed by atoms with Gasteiger partial charge in [0.1, 0.15) is 22.2 Å². The molecule has 0 atom stereocenters. The summed E-state index contributed by atoms with van der Waals surface area (Å²) in [6.07, 6.45) is 0. The number of aromatic nitrogens is 1. The van der Waals surface area contributed by atoms with Crippen LogP contribution in [0.4, 0.5) is 0 Å². The third kappa shape index (κ3) is 3.55. The molecule has 0 radical (unpaired) electrons. The van der Waals surface area contributed by atoms with E-state index in [0.717, 1.165) is 16.9 Å². The van der Waals surface area contributed by atoms with Crippen LogP contribution in [-0.4, -0.2) is 16.1 Å². The maximum absolute atomic E-state index is 11.2. The van der Waals surface area contributed by atoms with Gasteiger partial charge in [-0.2, -0.15) is 0 Å². The van der Waals surface area contributed by atoms with Crippen LogP contribution >= 0.6 is 11.3 Å². The number of carbonyl (C=O) groups is 1. The van der Waals surface area contributed by atoms with Crippen LogP contribution in [0.3, 0.4) is 0 Å². The average Bonchev–Trinajstić information content (AvgIpc) is 3.09. The number of aryl methyl sites for hydroxylation is 1. The fourth-order valence-corrected chi connectivity index (χ4v) is 3.92. The first-order valence-corrected chi connectivity index (χ1v) is 9.34. The van der Waals surface area contributed by atoms with Crippen molar-refractivity contribution in [2.75, 3.05) is 0 Å². The fraction of sp³-hybridized carbons (Fsp3) is 0.0909. The molecule has 27 heavy (non-hydrogen) atoms. The van der Waals surface area contributed by atoms with Crippen LogP contribution in [0.25, 0.3) is 21.3 Å². The zero-order valence-corrected chi connectivity index (χ0v) is 15.5. The van der Waals surface area contributed by atoms with Gasteiger partial charge in [0.25, 0.3) is 0 Å². The van der Waals surface area contributed by atoms with Crippen LogP contribution in [0.5, 0.6) is 5.75 Å². The van der Waals surface area contributed by atoms with E-state index in [9.17, 15) is 9.90 Å². The van der Waals surface area contributed by atoms with Crippen LogP contribution in [-0.2, 0) is 6.61 Å². The van der Waals surface area contributed by atoms with Gasteiger partial charge in [-0.1, -0.05) is 54.6 Å². The molecule has 0 spiro atoms. The second kappa shape index (κ2) is 7.21. The third-order valence-corrected chi connectivity index (χ3v) is 5.54. The number of hydrogen-bond donors (Lipinski definition) is 1. The molecule has 0 aliphatic heterocycles. The molecule has 0 bridgehead atoms. The zero-order valence-electron chi connectivity index (χ0n) is 14.7. The molecule has 4 nitrogen and oxygen atoms in total. The van der Waals surface area contributed by atoms with Gasteiger partial charge in [-0.3, -0.25) is 0 Å². The average molecular weight is 375 g/mol. The monoisotopic (exact) mass is 375 g/mol. The molecule has 1 heterocycles. The SMILES string of the molecule is Cc1nc(-c2cccc(OCc3cccc4ccccc34)c2)sc1C(=O)O. The van der Waals surface area contributed by atoms with Crippen molar-refractivity contribution in [1.82, 2.24) is 4.98 Å². The minimum absolute atomic E-state index is 0.270. The van der Waals surface area contributed by atoms with Gasteiger partial charge < -0.3 is 9.84 Å². The highest BCUT2D eigenvalue weighted by Gasteiger charge is 2.15. The van der Waals surface area contributed by atoms with Crippen LogP contribution in [0, 0.1) is 6.92 Å². The molecule has 0 fully saturated rings. The van der Waals surface area contributed by atoms with E-state index in [-0.39, 0.29) is 4.88 Å². The Morgan fingerprint density at radius 3 is 2.67 bits per heavy atom. The number of carboxylic acids is 1. The number of carboxylic acid groups (broad SMARTS) is 1. The molecular formula is C22H17NO3S. The summed E-state index contributed by atoms with van der Waals surface area (Å²) in [4.78, 5) is 15.9. The summed E-state index contributed by atoms with van der Waals surface area (Å²) in [7, 11) is 0.